The van der Waals surface area contributed by atoms with Gasteiger partial charge in [0.1, 0.15) is 6.61 Å². The van der Waals surface area contributed by atoms with Crippen molar-refractivity contribution in [3.05, 3.63) is 58.4 Å². The van der Waals surface area contributed by atoms with Crippen molar-refractivity contribution in [3.8, 4) is 0 Å². The molecule has 37 heavy (non-hydrogen) atoms. The van der Waals surface area contributed by atoms with Gasteiger partial charge in [-0.15, -0.1) is 0 Å². The predicted octanol–water partition coefficient (Wildman–Crippen LogP) is 4.06. The molecule has 2 aliphatic rings. The van der Waals surface area contributed by atoms with Crippen LogP contribution in [-0.4, -0.2) is 50.0 Å². The number of anilines is 1. The Balaban J connectivity index is 1.57. The molecule has 8 nitrogen and oxygen atoms in total. The zero-order chi connectivity index (χ0) is 27.1. The van der Waals surface area contributed by atoms with Crippen LogP contribution in [-0.2, 0) is 14.6 Å². The molecule has 2 saturated carbocycles. The molecule has 2 fully saturated rings. The molecule has 0 aromatic heterocycles. The van der Waals surface area contributed by atoms with E-state index in [-0.39, 0.29) is 40.6 Å². The highest BCUT2D eigenvalue weighted by atomic mass is 35.5. The van der Waals surface area contributed by atoms with E-state index < -0.39 is 62.0 Å². The third-order valence-electron chi connectivity index (χ3n) is 6.90. The van der Waals surface area contributed by atoms with Crippen LogP contribution in [0.4, 0.5) is 23.7 Å². The summed E-state index contributed by atoms with van der Waals surface area (Å²) in [7, 11) is -2.69. The summed E-state index contributed by atoms with van der Waals surface area (Å²) in [6.45, 7) is -0.270. The third-order valence-corrected chi connectivity index (χ3v) is 9.78. The maximum Gasteiger partial charge on any atom is 0.406 e. The molecule has 4 rings (SSSR count). The van der Waals surface area contributed by atoms with E-state index in [0.717, 1.165) is 6.07 Å². The predicted molar refractivity (Wildman–Crippen MR) is 128 cm³/mol. The highest BCUT2D eigenvalue weighted by Gasteiger charge is 2.54. The number of amides is 2. The van der Waals surface area contributed by atoms with E-state index >= 15 is 0 Å². The Bertz CT molecular complexity index is 1320. The number of benzene rings is 2. The SMILES string of the molecule is CNC(=O)OC[C@]1(O)CC2CCC(C1)[C@H]2S(=O)(=O)c1cc(C(=O)Nc2cc(F)c(F)c(F)c2)ccc1Cl. The van der Waals surface area contributed by atoms with Crippen LogP contribution in [0.1, 0.15) is 36.0 Å². The molecule has 2 amide bonds. The molecule has 0 saturated heterocycles. The number of rotatable bonds is 6. The van der Waals surface area contributed by atoms with Crippen LogP contribution in [0.3, 0.4) is 0 Å². The molecule has 2 aliphatic carbocycles. The quantitative estimate of drug-likeness (QED) is 0.458. The number of carbonyl (C=O) groups is 2. The zero-order valence-electron chi connectivity index (χ0n) is 19.6. The number of alkyl carbamates (subject to hydrolysis) is 1. The Hall–Kier alpha value is -2.83. The molecule has 200 valence electrons. The highest BCUT2D eigenvalue weighted by Crippen LogP contribution is 2.51. The van der Waals surface area contributed by atoms with Gasteiger partial charge < -0.3 is 20.5 Å². The first-order valence-corrected chi connectivity index (χ1v) is 13.3. The lowest BCUT2D eigenvalue weighted by atomic mass is 9.77. The van der Waals surface area contributed by atoms with Crippen LogP contribution < -0.4 is 10.6 Å². The topological polar surface area (TPSA) is 122 Å². The van der Waals surface area contributed by atoms with Crippen molar-refractivity contribution in [2.45, 2.75) is 41.4 Å². The van der Waals surface area contributed by atoms with E-state index in [2.05, 4.69) is 10.6 Å². The van der Waals surface area contributed by atoms with Crippen LogP contribution in [0.25, 0.3) is 0 Å². The molecule has 0 spiro atoms. The summed E-state index contributed by atoms with van der Waals surface area (Å²) in [4.78, 5) is 23.8. The lowest BCUT2D eigenvalue weighted by molar-refractivity contribution is -0.0632. The Morgan fingerprint density at radius 2 is 1.70 bits per heavy atom. The van der Waals surface area contributed by atoms with Crippen molar-refractivity contribution in [1.82, 2.24) is 5.32 Å². The van der Waals surface area contributed by atoms with Crippen LogP contribution in [0.15, 0.2) is 35.2 Å². The van der Waals surface area contributed by atoms with Gasteiger partial charge >= 0.3 is 6.09 Å². The van der Waals surface area contributed by atoms with Gasteiger partial charge in [0.05, 0.1) is 20.8 Å². The molecule has 2 unspecified atom stereocenters. The second kappa shape index (κ2) is 10.1. The van der Waals surface area contributed by atoms with Crippen molar-refractivity contribution in [2.75, 3.05) is 19.0 Å². The molecule has 0 heterocycles. The van der Waals surface area contributed by atoms with E-state index in [4.69, 9.17) is 16.3 Å². The number of fused-ring (bicyclic) bond motifs is 2. The van der Waals surface area contributed by atoms with Crippen molar-refractivity contribution in [1.29, 1.82) is 0 Å². The van der Waals surface area contributed by atoms with Crippen molar-refractivity contribution in [3.63, 3.8) is 0 Å². The second-order valence-corrected chi connectivity index (χ2v) is 11.9. The van der Waals surface area contributed by atoms with Gasteiger partial charge in [-0.05, 0) is 55.7 Å². The number of aliphatic hydroxyl groups is 1. The number of ether oxygens (including phenoxy) is 1. The molecular weight excluding hydrogens is 537 g/mol. The van der Waals surface area contributed by atoms with Gasteiger partial charge in [0.2, 0.25) is 0 Å². The molecule has 0 aliphatic heterocycles. The summed E-state index contributed by atoms with van der Waals surface area (Å²) in [6.07, 6.45) is 0.573. The summed E-state index contributed by atoms with van der Waals surface area (Å²) < 4.78 is 72.7. The van der Waals surface area contributed by atoms with Crippen LogP contribution in [0, 0.1) is 29.3 Å². The Morgan fingerprint density at radius 1 is 1.11 bits per heavy atom. The minimum Gasteiger partial charge on any atom is -0.447 e. The Morgan fingerprint density at radius 3 is 2.27 bits per heavy atom. The van der Waals surface area contributed by atoms with Gasteiger partial charge in [0.15, 0.2) is 27.3 Å². The lowest BCUT2D eigenvalue weighted by Crippen LogP contribution is -2.49. The van der Waals surface area contributed by atoms with Gasteiger partial charge in [0, 0.05) is 30.4 Å². The number of nitrogens with one attached hydrogen (secondary N) is 2. The summed E-state index contributed by atoms with van der Waals surface area (Å²) in [5, 5.41) is 14.5. The Labute approximate surface area is 216 Å². The molecule has 0 radical (unpaired) electrons. The van der Waals surface area contributed by atoms with E-state index in [0.29, 0.717) is 25.0 Å². The lowest BCUT2D eigenvalue weighted by Gasteiger charge is -2.40. The van der Waals surface area contributed by atoms with Gasteiger partial charge in [-0.25, -0.2) is 26.4 Å². The van der Waals surface area contributed by atoms with Gasteiger partial charge in [-0.3, -0.25) is 4.79 Å². The Kier molecular flexibility index (Phi) is 7.46. The summed E-state index contributed by atoms with van der Waals surface area (Å²) in [6, 6.07) is 4.75. The molecule has 2 aromatic rings. The van der Waals surface area contributed by atoms with Crippen LogP contribution in [0.2, 0.25) is 5.02 Å². The monoisotopic (exact) mass is 560 g/mol. The average molecular weight is 561 g/mol. The fourth-order valence-electron chi connectivity index (χ4n) is 5.37. The van der Waals surface area contributed by atoms with Gasteiger partial charge in [0.25, 0.3) is 5.91 Å². The normalized spacial score (nSPS) is 25.0. The first-order chi connectivity index (χ1) is 17.3. The molecule has 2 bridgehead atoms. The van der Waals surface area contributed by atoms with Crippen molar-refractivity contribution < 1.29 is 41.0 Å². The summed E-state index contributed by atoms with van der Waals surface area (Å²) >= 11 is 6.23. The average Bonchev–Trinajstić information content (AvgIpc) is 3.14. The van der Waals surface area contributed by atoms with E-state index in [1.165, 1.54) is 19.2 Å². The first kappa shape index (κ1) is 27.2. The molecule has 2 atom stereocenters. The van der Waals surface area contributed by atoms with Crippen LogP contribution in [0.5, 0.6) is 0 Å². The molecule has 2 aromatic carbocycles. The largest absolute Gasteiger partial charge is 0.447 e. The maximum absolute atomic E-state index is 13.7. The van der Waals surface area contributed by atoms with Crippen molar-refractivity contribution >= 4 is 39.1 Å². The number of sulfone groups is 1. The number of carbonyl (C=O) groups excluding carboxylic acids is 2. The number of hydrogen-bond acceptors (Lipinski definition) is 6. The smallest absolute Gasteiger partial charge is 0.406 e. The maximum atomic E-state index is 13.7. The number of halogens is 4. The highest BCUT2D eigenvalue weighted by molar-refractivity contribution is 7.92. The summed E-state index contributed by atoms with van der Waals surface area (Å²) in [5.41, 5.74) is -1.87. The van der Waals surface area contributed by atoms with Gasteiger partial charge in [-0.1, -0.05) is 11.6 Å². The first-order valence-electron chi connectivity index (χ1n) is 11.4. The minimum absolute atomic E-state index is 0.101. The molecule has 13 heteroatoms. The van der Waals surface area contributed by atoms with E-state index in [1.807, 2.05) is 0 Å². The third kappa shape index (κ3) is 5.41. The zero-order valence-corrected chi connectivity index (χ0v) is 21.1. The van der Waals surface area contributed by atoms with E-state index in [9.17, 15) is 36.3 Å². The summed E-state index contributed by atoms with van der Waals surface area (Å²) in [5.74, 6) is -6.43. The fraction of sp³-hybridized carbons (Fsp3) is 0.417. The van der Waals surface area contributed by atoms with Crippen molar-refractivity contribution in [2.24, 2.45) is 11.8 Å². The molecular formula is C24H24ClF3N2O6S. The minimum atomic E-state index is -4.08. The van der Waals surface area contributed by atoms with E-state index in [1.54, 1.807) is 0 Å². The molecule has 3 N–H and O–H groups in total. The number of hydrogen-bond donors (Lipinski definition) is 3. The second-order valence-electron chi connectivity index (χ2n) is 9.42. The van der Waals surface area contributed by atoms with Gasteiger partial charge in [-0.2, -0.15) is 0 Å². The van der Waals surface area contributed by atoms with Crippen LogP contribution >= 0.6 is 11.6 Å². The standard InChI is InChI=1S/C24H24ClF3N2O6S/c1-29-23(32)36-11-24(33)9-13-2-3-14(10-24)21(13)37(34,35)19-6-12(4-5-16(19)25)22(31)30-15-7-17(26)20(28)18(27)8-15/h4-8,13-14,21,33H,2-3,9-11H2,1H3,(H,29,32)(H,30,31)/t13?,14?,21-,24-. The fourth-order valence-corrected chi connectivity index (χ4v) is 8.22.